The van der Waals surface area contributed by atoms with Gasteiger partial charge in [0.2, 0.25) is 0 Å². The molecule has 0 N–H and O–H groups in total. The average Bonchev–Trinajstić information content (AvgIpc) is 2.39. The molecule has 0 atom stereocenters. The summed E-state index contributed by atoms with van der Waals surface area (Å²) in [4.78, 5) is 12.0. The number of benzene rings is 1. The molecule has 0 heterocycles. The van der Waals surface area contributed by atoms with E-state index >= 15 is 0 Å². The van der Waals surface area contributed by atoms with Crippen molar-refractivity contribution in [1.82, 2.24) is 0 Å². The summed E-state index contributed by atoms with van der Waals surface area (Å²) < 4.78 is 28.3. The molecule has 0 radical (unpaired) electrons. The van der Waals surface area contributed by atoms with Gasteiger partial charge in [-0.3, -0.25) is 0 Å². The van der Waals surface area contributed by atoms with Gasteiger partial charge in [0, 0.05) is 10.7 Å². The molecule has 1 fully saturated rings. The molecule has 0 saturated heterocycles. The van der Waals surface area contributed by atoms with Gasteiger partial charge >= 0.3 is 5.97 Å². The number of aryl methyl sites for hydroxylation is 1. The predicted octanol–water partition coefficient (Wildman–Crippen LogP) is 3.41. The Balaban J connectivity index is 2.18. The fourth-order valence-corrected chi connectivity index (χ4v) is 3.61. The molecular formula is C14H17ClO4S. The smallest absolute Gasteiger partial charge is 0.338 e. The van der Waals surface area contributed by atoms with Gasteiger partial charge in [0.25, 0.3) is 9.05 Å². The minimum atomic E-state index is -3.86. The molecule has 0 aliphatic heterocycles. The lowest BCUT2D eigenvalue weighted by atomic mass is 9.98. The summed E-state index contributed by atoms with van der Waals surface area (Å²) in [6, 6.07) is 4.40. The van der Waals surface area contributed by atoms with Crippen LogP contribution in [-0.4, -0.2) is 20.5 Å². The molecule has 0 unspecified atom stereocenters. The van der Waals surface area contributed by atoms with Crippen molar-refractivity contribution in [2.75, 3.05) is 0 Å². The van der Waals surface area contributed by atoms with Crippen molar-refractivity contribution >= 4 is 25.7 Å². The van der Waals surface area contributed by atoms with Gasteiger partial charge in [-0.1, -0.05) is 12.5 Å². The van der Waals surface area contributed by atoms with Gasteiger partial charge in [0.05, 0.1) is 10.5 Å². The van der Waals surface area contributed by atoms with Crippen LogP contribution in [0.5, 0.6) is 0 Å². The molecular weight excluding hydrogens is 300 g/mol. The summed E-state index contributed by atoms with van der Waals surface area (Å²) in [6.45, 7) is 1.63. The number of esters is 1. The highest BCUT2D eigenvalue weighted by atomic mass is 35.7. The van der Waals surface area contributed by atoms with E-state index in [1.54, 1.807) is 19.1 Å². The van der Waals surface area contributed by atoms with Crippen molar-refractivity contribution in [2.24, 2.45) is 0 Å². The van der Waals surface area contributed by atoms with Crippen LogP contribution < -0.4 is 0 Å². The lowest BCUT2D eigenvalue weighted by molar-refractivity contribution is 0.0211. The van der Waals surface area contributed by atoms with Crippen molar-refractivity contribution in [2.45, 2.75) is 50.0 Å². The monoisotopic (exact) mass is 316 g/mol. The topological polar surface area (TPSA) is 60.4 Å². The van der Waals surface area contributed by atoms with Gasteiger partial charge in [0.15, 0.2) is 0 Å². The molecule has 0 spiro atoms. The number of hydrogen-bond donors (Lipinski definition) is 0. The molecule has 110 valence electrons. The second-order valence-corrected chi connectivity index (χ2v) is 7.62. The van der Waals surface area contributed by atoms with E-state index in [2.05, 4.69) is 0 Å². The van der Waals surface area contributed by atoms with Crippen molar-refractivity contribution in [1.29, 1.82) is 0 Å². The SMILES string of the molecule is Cc1ccc(C(=O)OC2CCCCC2)cc1S(=O)(=O)Cl. The fourth-order valence-electron chi connectivity index (χ4n) is 2.39. The minimum absolute atomic E-state index is 0.0442. The van der Waals surface area contributed by atoms with Crippen LogP contribution in [0.3, 0.4) is 0 Å². The quantitative estimate of drug-likeness (QED) is 0.633. The Bertz CT molecular complexity index is 604. The van der Waals surface area contributed by atoms with Crippen LogP contribution in [0.1, 0.15) is 48.0 Å². The van der Waals surface area contributed by atoms with Crippen LogP contribution in [0.15, 0.2) is 23.1 Å². The summed E-state index contributed by atoms with van der Waals surface area (Å²) in [6.07, 6.45) is 4.98. The first-order chi connectivity index (χ1) is 9.38. The van der Waals surface area contributed by atoms with Crippen molar-refractivity contribution in [3.63, 3.8) is 0 Å². The minimum Gasteiger partial charge on any atom is -0.459 e. The Kier molecular flexibility index (Phi) is 4.70. The van der Waals surface area contributed by atoms with Crippen molar-refractivity contribution < 1.29 is 17.9 Å². The number of rotatable bonds is 3. The molecule has 20 heavy (non-hydrogen) atoms. The van der Waals surface area contributed by atoms with Crippen LogP contribution in [0, 0.1) is 6.92 Å². The van der Waals surface area contributed by atoms with Gasteiger partial charge in [-0.05, 0) is 50.3 Å². The average molecular weight is 317 g/mol. The van der Waals surface area contributed by atoms with Gasteiger partial charge in [-0.25, -0.2) is 13.2 Å². The second-order valence-electron chi connectivity index (χ2n) is 5.08. The lowest BCUT2D eigenvalue weighted by Crippen LogP contribution is -2.21. The molecule has 0 bridgehead atoms. The van der Waals surface area contributed by atoms with E-state index in [-0.39, 0.29) is 16.6 Å². The zero-order valence-corrected chi connectivity index (χ0v) is 12.8. The largest absolute Gasteiger partial charge is 0.459 e. The van der Waals surface area contributed by atoms with Crippen LogP contribution in [-0.2, 0) is 13.8 Å². The molecule has 4 nitrogen and oxygen atoms in total. The Hall–Kier alpha value is -1.07. The highest BCUT2D eigenvalue weighted by Gasteiger charge is 2.21. The zero-order chi connectivity index (χ0) is 14.8. The molecule has 1 aliphatic rings. The standard InChI is InChI=1S/C14H17ClO4S/c1-10-7-8-11(9-13(10)20(15,17)18)14(16)19-12-5-3-2-4-6-12/h7-9,12H,2-6H2,1H3. The summed E-state index contributed by atoms with van der Waals surface area (Å²) in [5.41, 5.74) is 0.731. The molecule has 0 aromatic heterocycles. The van der Waals surface area contributed by atoms with Gasteiger partial charge in [-0.2, -0.15) is 0 Å². The zero-order valence-electron chi connectivity index (χ0n) is 11.3. The van der Waals surface area contributed by atoms with Gasteiger partial charge in [-0.15, -0.1) is 0 Å². The maximum Gasteiger partial charge on any atom is 0.338 e. The predicted molar refractivity (Wildman–Crippen MR) is 76.5 cm³/mol. The normalized spacial score (nSPS) is 16.9. The third-order valence-electron chi connectivity index (χ3n) is 3.51. The van der Waals surface area contributed by atoms with E-state index in [0.717, 1.165) is 25.7 Å². The van der Waals surface area contributed by atoms with Gasteiger partial charge < -0.3 is 4.74 Å². The van der Waals surface area contributed by atoms with Crippen molar-refractivity contribution in [3.8, 4) is 0 Å². The number of hydrogen-bond acceptors (Lipinski definition) is 4. The summed E-state index contributed by atoms with van der Waals surface area (Å²) in [5, 5.41) is 0. The maximum absolute atomic E-state index is 12.0. The number of ether oxygens (including phenoxy) is 1. The number of halogens is 1. The molecule has 1 aromatic rings. The van der Waals surface area contributed by atoms with E-state index in [1.807, 2.05) is 0 Å². The Morgan fingerprint density at radius 1 is 1.25 bits per heavy atom. The Morgan fingerprint density at radius 3 is 2.50 bits per heavy atom. The first-order valence-corrected chi connectivity index (χ1v) is 8.95. The van der Waals surface area contributed by atoms with E-state index in [4.69, 9.17) is 15.4 Å². The number of carbonyl (C=O) groups excluding carboxylic acids is 1. The fraction of sp³-hybridized carbons (Fsp3) is 0.500. The van der Waals surface area contributed by atoms with Crippen LogP contribution in [0.25, 0.3) is 0 Å². The molecule has 1 aromatic carbocycles. The van der Waals surface area contributed by atoms with Gasteiger partial charge in [0.1, 0.15) is 6.10 Å². The van der Waals surface area contributed by atoms with E-state index in [1.165, 1.54) is 12.5 Å². The summed E-state index contributed by atoms with van der Waals surface area (Å²) in [7, 11) is 1.49. The Labute approximate surface area is 123 Å². The highest BCUT2D eigenvalue weighted by Crippen LogP contribution is 2.24. The van der Waals surface area contributed by atoms with E-state index < -0.39 is 15.0 Å². The van der Waals surface area contributed by atoms with E-state index in [0.29, 0.717) is 5.56 Å². The molecule has 1 saturated carbocycles. The van der Waals surface area contributed by atoms with Crippen LogP contribution in [0.2, 0.25) is 0 Å². The van der Waals surface area contributed by atoms with Crippen LogP contribution in [0.4, 0.5) is 0 Å². The molecule has 0 amide bonds. The molecule has 2 rings (SSSR count). The Morgan fingerprint density at radius 2 is 1.90 bits per heavy atom. The number of carbonyl (C=O) groups is 1. The lowest BCUT2D eigenvalue weighted by Gasteiger charge is -2.21. The maximum atomic E-state index is 12.0. The first kappa shape index (κ1) is 15.3. The molecule has 6 heteroatoms. The second kappa shape index (κ2) is 6.14. The summed E-state index contributed by atoms with van der Waals surface area (Å²) >= 11 is 0. The van der Waals surface area contributed by atoms with Crippen LogP contribution >= 0.6 is 10.7 Å². The third-order valence-corrected chi connectivity index (χ3v) is 4.98. The van der Waals surface area contributed by atoms with Crippen molar-refractivity contribution in [3.05, 3.63) is 29.3 Å². The highest BCUT2D eigenvalue weighted by molar-refractivity contribution is 8.13. The summed E-state index contributed by atoms with van der Waals surface area (Å²) in [5.74, 6) is -0.488. The van der Waals surface area contributed by atoms with E-state index in [9.17, 15) is 13.2 Å². The molecule has 1 aliphatic carbocycles. The first-order valence-electron chi connectivity index (χ1n) is 6.64. The third kappa shape index (κ3) is 3.73.